The number of allylic oxidation sites excluding steroid dienone is 1. The molecule has 23 heavy (non-hydrogen) atoms. The Morgan fingerprint density at radius 1 is 1.04 bits per heavy atom. The van der Waals surface area contributed by atoms with Crippen molar-refractivity contribution in [2.75, 3.05) is 0 Å². The van der Waals surface area contributed by atoms with E-state index in [0.29, 0.717) is 5.57 Å². The Labute approximate surface area is 155 Å². The fourth-order valence-corrected chi connectivity index (χ4v) is 3.34. The van der Waals surface area contributed by atoms with Crippen LogP contribution in [0, 0.1) is 11.8 Å². The lowest BCUT2D eigenvalue weighted by atomic mass is 9.73. The van der Waals surface area contributed by atoms with Gasteiger partial charge in [-0.05, 0) is 38.7 Å². The van der Waals surface area contributed by atoms with Crippen molar-refractivity contribution in [3.63, 3.8) is 0 Å². The van der Waals surface area contributed by atoms with Gasteiger partial charge in [0, 0.05) is 11.5 Å². The van der Waals surface area contributed by atoms with Crippen LogP contribution in [0.25, 0.3) is 0 Å². The molecule has 0 saturated carbocycles. The highest BCUT2D eigenvalue weighted by molar-refractivity contribution is 8.93. The van der Waals surface area contributed by atoms with Crippen LogP contribution in [0.1, 0.15) is 92.4 Å². The Morgan fingerprint density at radius 2 is 1.48 bits per heavy atom. The van der Waals surface area contributed by atoms with Crippen molar-refractivity contribution in [1.82, 2.24) is 0 Å². The van der Waals surface area contributed by atoms with Crippen molar-refractivity contribution in [1.29, 1.82) is 0 Å². The van der Waals surface area contributed by atoms with Gasteiger partial charge in [-0.1, -0.05) is 71.8 Å². The number of halogens is 1. The molecule has 0 bridgehead atoms. The minimum absolute atomic E-state index is 0. The van der Waals surface area contributed by atoms with Crippen LogP contribution in [0.15, 0.2) is 12.2 Å². The summed E-state index contributed by atoms with van der Waals surface area (Å²) in [5.74, 6) is 0.377. The summed E-state index contributed by atoms with van der Waals surface area (Å²) in [6, 6.07) is 0. The molecule has 0 aliphatic rings. The van der Waals surface area contributed by atoms with Crippen molar-refractivity contribution in [3.05, 3.63) is 12.2 Å². The van der Waals surface area contributed by atoms with Crippen LogP contribution in [0.4, 0.5) is 0 Å². The number of Topliss-reactive ketones (excluding diaryl/α,β-unsaturated/α-hetero) is 1. The first kappa shape index (κ1) is 25.1. The Kier molecular flexibility index (Phi) is 14.4. The molecule has 138 valence electrons. The summed E-state index contributed by atoms with van der Waals surface area (Å²) in [5.41, 5.74) is 6.67. The third-order valence-corrected chi connectivity index (χ3v) is 4.76. The van der Waals surface area contributed by atoms with Gasteiger partial charge in [0.2, 0.25) is 0 Å². The average Bonchev–Trinajstić information content (AvgIpc) is 2.42. The Hall–Kier alpha value is -0.150. The number of nitrogens with two attached hydrogens (primary N) is 1. The van der Waals surface area contributed by atoms with Gasteiger partial charge < -0.3 is 5.73 Å². The normalized spacial score (nSPS) is 14.0. The second kappa shape index (κ2) is 13.2. The summed E-state index contributed by atoms with van der Waals surface area (Å²) in [4.78, 5) is 12.2. The van der Waals surface area contributed by atoms with Gasteiger partial charge in [-0.3, -0.25) is 4.79 Å². The van der Waals surface area contributed by atoms with E-state index >= 15 is 0 Å². The highest BCUT2D eigenvalue weighted by Gasteiger charge is 2.33. The predicted molar refractivity (Wildman–Crippen MR) is 108 cm³/mol. The Balaban J connectivity index is 0. The van der Waals surface area contributed by atoms with Crippen LogP contribution in [-0.4, -0.2) is 11.3 Å². The molecule has 0 rings (SSSR count). The first-order chi connectivity index (χ1) is 10.2. The number of unbranched alkanes of at least 4 members (excludes halogenated alkanes) is 7. The summed E-state index contributed by atoms with van der Waals surface area (Å²) in [6.07, 6.45) is 11.5. The number of carbonyl (C=O) groups excluding carboxylic acids is 1. The Bertz CT molecular complexity index is 333. The van der Waals surface area contributed by atoms with E-state index in [1.54, 1.807) is 6.92 Å². The summed E-state index contributed by atoms with van der Waals surface area (Å²) in [7, 11) is 0. The molecule has 0 aliphatic carbocycles. The predicted octanol–water partition coefficient (Wildman–Crippen LogP) is 6.23. The highest BCUT2D eigenvalue weighted by Crippen LogP contribution is 2.30. The summed E-state index contributed by atoms with van der Waals surface area (Å²) in [6.45, 7) is 14.0. The monoisotopic (exact) mass is 389 g/mol. The molecule has 0 aromatic carbocycles. The standard InChI is InChI=1S/C20H39NO.BrH/c1-7-8-9-10-11-12-13-14-15-18(20(5,6)21)17(4)19(22)16(2)3;/h17-18H,2,7-15,21H2,1,3-6H3;1H. The van der Waals surface area contributed by atoms with E-state index < -0.39 is 0 Å². The fraction of sp³-hybridized carbons (Fsp3) is 0.850. The largest absolute Gasteiger partial charge is 0.325 e. The minimum atomic E-state index is -0.314. The molecule has 0 aromatic rings. The molecule has 2 unspecified atom stereocenters. The molecule has 2 atom stereocenters. The van der Waals surface area contributed by atoms with Gasteiger partial charge in [0.15, 0.2) is 5.78 Å². The molecule has 2 N–H and O–H groups in total. The van der Waals surface area contributed by atoms with Crippen LogP contribution in [0.5, 0.6) is 0 Å². The van der Waals surface area contributed by atoms with Gasteiger partial charge in [-0.25, -0.2) is 0 Å². The van der Waals surface area contributed by atoms with Gasteiger partial charge >= 0.3 is 0 Å². The summed E-state index contributed by atoms with van der Waals surface area (Å²) < 4.78 is 0. The smallest absolute Gasteiger partial charge is 0.161 e. The van der Waals surface area contributed by atoms with Crippen molar-refractivity contribution >= 4 is 22.8 Å². The average molecular weight is 390 g/mol. The van der Waals surface area contributed by atoms with E-state index in [-0.39, 0.29) is 40.1 Å². The number of carbonyl (C=O) groups is 1. The van der Waals surface area contributed by atoms with Crippen molar-refractivity contribution in [2.24, 2.45) is 17.6 Å². The van der Waals surface area contributed by atoms with Gasteiger partial charge in [0.1, 0.15) is 0 Å². The van der Waals surface area contributed by atoms with Crippen molar-refractivity contribution in [3.8, 4) is 0 Å². The van der Waals surface area contributed by atoms with Crippen molar-refractivity contribution in [2.45, 2.75) is 97.9 Å². The van der Waals surface area contributed by atoms with Crippen molar-refractivity contribution < 1.29 is 4.79 Å². The topological polar surface area (TPSA) is 43.1 Å². The number of hydrogen-bond donors (Lipinski definition) is 1. The molecule has 0 amide bonds. The molecule has 0 saturated heterocycles. The Morgan fingerprint density at radius 3 is 1.87 bits per heavy atom. The third kappa shape index (κ3) is 11.1. The van der Waals surface area contributed by atoms with Crippen LogP contribution < -0.4 is 5.73 Å². The van der Waals surface area contributed by atoms with E-state index in [0.717, 1.165) is 6.42 Å². The van der Waals surface area contributed by atoms with Crippen LogP contribution in [0.3, 0.4) is 0 Å². The second-order valence-corrected chi connectivity index (χ2v) is 7.62. The second-order valence-electron chi connectivity index (χ2n) is 7.62. The molecule has 3 heteroatoms. The lowest BCUT2D eigenvalue weighted by Gasteiger charge is -2.35. The minimum Gasteiger partial charge on any atom is -0.325 e. The zero-order valence-corrected chi connectivity index (χ0v) is 17.8. The SMILES string of the molecule is Br.C=C(C)C(=O)C(C)C(CCCCCCCCCC)C(C)(C)N. The van der Waals surface area contributed by atoms with E-state index in [1.807, 2.05) is 20.8 Å². The summed E-state index contributed by atoms with van der Waals surface area (Å²) in [5, 5.41) is 0. The number of ketones is 1. The molecular weight excluding hydrogens is 350 g/mol. The maximum atomic E-state index is 12.2. The van der Waals surface area contributed by atoms with E-state index in [4.69, 9.17) is 5.73 Å². The molecule has 0 aliphatic heterocycles. The van der Waals surface area contributed by atoms with E-state index in [2.05, 4.69) is 13.5 Å². The zero-order chi connectivity index (χ0) is 17.2. The maximum Gasteiger partial charge on any atom is 0.161 e. The number of rotatable bonds is 13. The molecule has 0 fully saturated rings. The number of hydrogen-bond acceptors (Lipinski definition) is 2. The molecule has 0 heterocycles. The lowest BCUT2D eigenvalue weighted by molar-refractivity contribution is -0.121. The van der Waals surface area contributed by atoms with Crippen LogP contribution >= 0.6 is 17.0 Å². The summed E-state index contributed by atoms with van der Waals surface area (Å²) >= 11 is 0. The maximum absolute atomic E-state index is 12.2. The first-order valence-corrected chi connectivity index (χ1v) is 9.20. The zero-order valence-electron chi connectivity index (χ0n) is 16.1. The first-order valence-electron chi connectivity index (χ1n) is 9.20. The molecule has 0 spiro atoms. The van der Waals surface area contributed by atoms with Gasteiger partial charge in [0.05, 0.1) is 0 Å². The fourth-order valence-electron chi connectivity index (χ4n) is 3.34. The molecule has 0 radical (unpaired) electrons. The van der Waals surface area contributed by atoms with Gasteiger partial charge in [-0.2, -0.15) is 0 Å². The third-order valence-electron chi connectivity index (χ3n) is 4.76. The van der Waals surface area contributed by atoms with E-state index in [9.17, 15) is 4.79 Å². The van der Waals surface area contributed by atoms with Crippen LogP contribution in [0.2, 0.25) is 0 Å². The van der Waals surface area contributed by atoms with Gasteiger partial charge in [-0.15, -0.1) is 17.0 Å². The van der Waals surface area contributed by atoms with Gasteiger partial charge in [0.25, 0.3) is 0 Å². The lowest BCUT2D eigenvalue weighted by Crippen LogP contribution is -2.46. The van der Waals surface area contributed by atoms with E-state index in [1.165, 1.54) is 51.4 Å². The highest BCUT2D eigenvalue weighted by atomic mass is 79.9. The molecule has 0 aromatic heterocycles. The molecule has 2 nitrogen and oxygen atoms in total. The molecular formula is C20H40BrNO. The quantitative estimate of drug-likeness (QED) is 0.299. The van der Waals surface area contributed by atoms with Crippen LogP contribution in [-0.2, 0) is 4.79 Å².